The minimum absolute atomic E-state index is 0.127. The van der Waals surface area contributed by atoms with E-state index in [1.807, 2.05) is 18.2 Å². The van der Waals surface area contributed by atoms with Crippen molar-refractivity contribution >= 4 is 5.91 Å². The number of nitrogens with zero attached hydrogens (tertiary/aromatic N) is 2. The van der Waals surface area contributed by atoms with Crippen molar-refractivity contribution in [2.75, 3.05) is 13.2 Å². The Morgan fingerprint density at radius 3 is 2.62 bits per heavy atom. The van der Waals surface area contributed by atoms with Gasteiger partial charge in [0.25, 0.3) is 5.91 Å². The molecule has 2 aromatic carbocycles. The standard InChI is InChI=1S/C24H23FN2O2/c1-17-4-6-18(7-5-17)8-9-19-10-11-23-20(15-19)24(28)27(13-14-29-23)16-22-21(25)3-2-12-26-22/h2-7,10-12,15H,8-9,13-14,16H2,1H3. The second-order valence-corrected chi connectivity index (χ2v) is 7.32. The number of aryl methyl sites for hydroxylation is 3. The molecule has 0 atom stereocenters. The molecule has 4 nitrogen and oxygen atoms in total. The molecule has 0 bridgehead atoms. The Bertz CT molecular complexity index is 1020. The Morgan fingerprint density at radius 2 is 1.83 bits per heavy atom. The van der Waals surface area contributed by atoms with Crippen LogP contribution in [-0.2, 0) is 19.4 Å². The van der Waals surface area contributed by atoms with Crippen LogP contribution in [0.15, 0.2) is 60.8 Å². The Labute approximate surface area is 170 Å². The Balaban J connectivity index is 1.52. The lowest BCUT2D eigenvalue weighted by atomic mass is 10.0. The molecule has 0 aliphatic carbocycles. The van der Waals surface area contributed by atoms with E-state index < -0.39 is 5.82 Å². The molecule has 148 valence electrons. The first-order valence-electron chi connectivity index (χ1n) is 9.80. The topological polar surface area (TPSA) is 42.4 Å². The SMILES string of the molecule is Cc1ccc(CCc2ccc3c(c2)C(=O)N(Cc2ncccc2F)CCO3)cc1. The maximum absolute atomic E-state index is 14.0. The van der Waals surface area contributed by atoms with Gasteiger partial charge in [-0.1, -0.05) is 35.9 Å². The third-order valence-electron chi connectivity index (χ3n) is 5.18. The van der Waals surface area contributed by atoms with Crippen LogP contribution in [0.25, 0.3) is 0 Å². The zero-order valence-corrected chi connectivity index (χ0v) is 16.4. The molecule has 1 aliphatic rings. The lowest BCUT2D eigenvalue weighted by molar-refractivity contribution is 0.0739. The van der Waals surface area contributed by atoms with E-state index in [2.05, 4.69) is 36.2 Å². The number of fused-ring (bicyclic) bond motifs is 1. The third kappa shape index (κ3) is 4.45. The number of hydrogen-bond donors (Lipinski definition) is 0. The van der Waals surface area contributed by atoms with Crippen molar-refractivity contribution in [3.8, 4) is 5.75 Å². The van der Waals surface area contributed by atoms with E-state index in [1.54, 1.807) is 11.0 Å². The molecule has 0 spiro atoms. The molecule has 1 amide bonds. The molecule has 0 radical (unpaired) electrons. The predicted octanol–water partition coefficient (Wildman–Crippen LogP) is 4.35. The van der Waals surface area contributed by atoms with Crippen molar-refractivity contribution in [2.24, 2.45) is 0 Å². The highest BCUT2D eigenvalue weighted by Gasteiger charge is 2.25. The number of pyridine rings is 1. The van der Waals surface area contributed by atoms with E-state index in [9.17, 15) is 9.18 Å². The molecule has 0 saturated heterocycles. The van der Waals surface area contributed by atoms with Crippen LogP contribution in [0.3, 0.4) is 0 Å². The van der Waals surface area contributed by atoms with Crippen LogP contribution in [0, 0.1) is 12.7 Å². The normalized spacial score (nSPS) is 13.6. The number of aromatic nitrogens is 1. The molecular formula is C24H23FN2O2. The average Bonchev–Trinajstić information content (AvgIpc) is 2.88. The highest BCUT2D eigenvalue weighted by molar-refractivity contribution is 5.97. The van der Waals surface area contributed by atoms with Crippen LogP contribution < -0.4 is 4.74 Å². The lowest BCUT2D eigenvalue weighted by Crippen LogP contribution is -2.32. The maximum atomic E-state index is 14.0. The second-order valence-electron chi connectivity index (χ2n) is 7.32. The van der Waals surface area contributed by atoms with Gasteiger partial charge < -0.3 is 9.64 Å². The van der Waals surface area contributed by atoms with Crippen molar-refractivity contribution in [3.05, 3.63) is 94.6 Å². The number of hydrogen-bond acceptors (Lipinski definition) is 3. The second kappa shape index (κ2) is 8.43. The molecule has 5 heteroatoms. The minimum atomic E-state index is -0.405. The van der Waals surface area contributed by atoms with E-state index in [0.717, 1.165) is 18.4 Å². The van der Waals surface area contributed by atoms with E-state index in [0.29, 0.717) is 24.5 Å². The molecule has 0 N–H and O–H groups in total. The van der Waals surface area contributed by atoms with Crippen LogP contribution in [0.5, 0.6) is 5.75 Å². The summed E-state index contributed by atoms with van der Waals surface area (Å²) in [5.41, 5.74) is 4.37. The van der Waals surface area contributed by atoms with Gasteiger partial charge in [-0.05, 0) is 55.2 Å². The van der Waals surface area contributed by atoms with Crippen molar-refractivity contribution in [2.45, 2.75) is 26.3 Å². The number of benzene rings is 2. The first kappa shape index (κ1) is 19.1. The molecule has 1 aromatic heterocycles. The van der Waals surface area contributed by atoms with Gasteiger partial charge in [-0.2, -0.15) is 0 Å². The quantitative estimate of drug-likeness (QED) is 0.651. The average molecular weight is 390 g/mol. The number of halogens is 1. The van der Waals surface area contributed by atoms with Crippen LogP contribution in [0.1, 0.15) is 32.7 Å². The van der Waals surface area contributed by atoms with Crippen LogP contribution >= 0.6 is 0 Å². The summed E-state index contributed by atoms with van der Waals surface area (Å²) < 4.78 is 19.8. The minimum Gasteiger partial charge on any atom is -0.491 e. The Kier molecular flexibility index (Phi) is 5.56. The zero-order chi connectivity index (χ0) is 20.2. The maximum Gasteiger partial charge on any atom is 0.258 e. The van der Waals surface area contributed by atoms with Gasteiger partial charge in [-0.15, -0.1) is 0 Å². The van der Waals surface area contributed by atoms with Gasteiger partial charge in [-0.25, -0.2) is 4.39 Å². The fourth-order valence-corrected chi connectivity index (χ4v) is 3.47. The summed E-state index contributed by atoms with van der Waals surface area (Å²) in [6, 6.07) is 17.2. The molecule has 0 unspecified atom stereocenters. The van der Waals surface area contributed by atoms with Crippen LogP contribution in [0.2, 0.25) is 0 Å². The number of carbonyl (C=O) groups excluding carboxylic acids is 1. The molecular weight excluding hydrogens is 367 g/mol. The highest BCUT2D eigenvalue weighted by Crippen LogP contribution is 2.26. The van der Waals surface area contributed by atoms with Gasteiger partial charge in [-0.3, -0.25) is 9.78 Å². The molecule has 4 rings (SSSR count). The summed E-state index contributed by atoms with van der Waals surface area (Å²) in [5, 5.41) is 0. The zero-order valence-electron chi connectivity index (χ0n) is 16.4. The fraction of sp³-hybridized carbons (Fsp3) is 0.250. The molecule has 29 heavy (non-hydrogen) atoms. The lowest BCUT2D eigenvalue weighted by Gasteiger charge is -2.19. The smallest absolute Gasteiger partial charge is 0.258 e. The van der Waals surface area contributed by atoms with Gasteiger partial charge in [0.1, 0.15) is 18.2 Å². The molecule has 0 saturated carbocycles. The van der Waals surface area contributed by atoms with E-state index in [4.69, 9.17) is 4.74 Å². The highest BCUT2D eigenvalue weighted by atomic mass is 19.1. The summed E-state index contributed by atoms with van der Waals surface area (Å²) >= 11 is 0. The number of ether oxygens (including phenoxy) is 1. The number of rotatable bonds is 5. The van der Waals surface area contributed by atoms with Crippen molar-refractivity contribution in [1.82, 2.24) is 9.88 Å². The first-order chi connectivity index (χ1) is 14.1. The number of amides is 1. The van der Waals surface area contributed by atoms with Crippen molar-refractivity contribution < 1.29 is 13.9 Å². The summed E-state index contributed by atoms with van der Waals surface area (Å²) in [6.07, 6.45) is 3.27. The molecule has 2 heterocycles. The van der Waals surface area contributed by atoms with Gasteiger partial charge in [0.2, 0.25) is 0 Å². The van der Waals surface area contributed by atoms with Gasteiger partial charge >= 0.3 is 0 Å². The van der Waals surface area contributed by atoms with Crippen molar-refractivity contribution in [3.63, 3.8) is 0 Å². The number of carbonyl (C=O) groups is 1. The Morgan fingerprint density at radius 1 is 1.07 bits per heavy atom. The van der Waals surface area contributed by atoms with E-state index in [1.165, 1.54) is 23.4 Å². The fourth-order valence-electron chi connectivity index (χ4n) is 3.47. The molecule has 0 fully saturated rings. The summed E-state index contributed by atoms with van der Waals surface area (Å²) in [5.74, 6) is 0.0235. The monoisotopic (exact) mass is 390 g/mol. The van der Waals surface area contributed by atoms with Gasteiger partial charge in [0.05, 0.1) is 24.3 Å². The molecule has 1 aliphatic heterocycles. The van der Waals surface area contributed by atoms with Gasteiger partial charge in [0.15, 0.2) is 0 Å². The van der Waals surface area contributed by atoms with Crippen molar-refractivity contribution in [1.29, 1.82) is 0 Å². The third-order valence-corrected chi connectivity index (χ3v) is 5.18. The molecule has 3 aromatic rings. The Hall–Kier alpha value is -3.21. The van der Waals surface area contributed by atoms with Crippen LogP contribution in [-0.4, -0.2) is 28.9 Å². The van der Waals surface area contributed by atoms with Crippen LogP contribution in [0.4, 0.5) is 4.39 Å². The van der Waals surface area contributed by atoms with E-state index >= 15 is 0 Å². The predicted molar refractivity (Wildman–Crippen MR) is 109 cm³/mol. The summed E-state index contributed by atoms with van der Waals surface area (Å²) in [7, 11) is 0. The first-order valence-corrected chi connectivity index (χ1v) is 9.80. The van der Waals surface area contributed by atoms with E-state index in [-0.39, 0.29) is 18.1 Å². The summed E-state index contributed by atoms with van der Waals surface area (Å²) in [6.45, 7) is 2.96. The van der Waals surface area contributed by atoms with Gasteiger partial charge in [0, 0.05) is 6.20 Å². The summed E-state index contributed by atoms with van der Waals surface area (Å²) in [4.78, 5) is 18.8. The largest absolute Gasteiger partial charge is 0.491 e.